The van der Waals surface area contributed by atoms with Crippen LogP contribution < -0.4 is 5.32 Å². The van der Waals surface area contributed by atoms with Gasteiger partial charge in [-0.05, 0) is 53.4 Å². The van der Waals surface area contributed by atoms with Gasteiger partial charge in [0, 0.05) is 50.9 Å². The zero-order valence-corrected chi connectivity index (χ0v) is 17.5. The Hall–Kier alpha value is -1.39. The molecule has 0 bridgehead atoms. The molecule has 2 saturated heterocycles. The van der Waals surface area contributed by atoms with Crippen molar-refractivity contribution in [2.24, 2.45) is 0 Å². The van der Waals surface area contributed by atoms with Gasteiger partial charge in [-0.2, -0.15) is 0 Å². The van der Waals surface area contributed by atoms with Gasteiger partial charge in [0.25, 0.3) is 5.91 Å². The predicted molar refractivity (Wildman–Crippen MR) is 110 cm³/mol. The fourth-order valence-electron chi connectivity index (χ4n) is 5.18. The van der Waals surface area contributed by atoms with Crippen LogP contribution in [0.4, 0.5) is 0 Å². The van der Waals surface area contributed by atoms with E-state index in [1.165, 1.54) is 24.0 Å². The molecule has 1 amide bonds. The second-order valence-electron chi connectivity index (χ2n) is 10.0. The zero-order chi connectivity index (χ0) is 19.2. The van der Waals surface area contributed by atoms with Crippen molar-refractivity contribution in [3.05, 3.63) is 34.9 Å². The predicted octanol–water partition coefficient (Wildman–Crippen LogP) is 3.16. The van der Waals surface area contributed by atoms with Crippen LogP contribution in [-0.4, -0.2) is 61.0 Å². The van der Waals surface area contributed by atoms with Crippen LogP contribution in [0.1, 0.15) is 68.4 Å². The number of fused-ring (bicyclic) bond motifs is 1. The normalized spacial score (nSPS) is 27.4. The largest absolute Gasteiger partial charge is 0.337 e. The highest BCUT2D eigenvalue weighted by atomic mass is 16.2. The number of nitrogens with zero attached hydrogens (tertiary/aromatic N) is 2. The van der Waals surface area contributed by atoms with Crippen molar-refractivity contribution in [1.82, 2.24) is 15.1 Å². The molecule has 2 aliphatic heterocycles. The second kappa shape index (κ2) is 6.89. The van der Waals surface area contributed by atoms with Crippen LogP contribution in [0.15, 0.2) is 18.2 Å². The Bertz CT molecular complexity index is 718. The smallest absolute Gasteiger partial charge is 0.253 e. The van der Waals surface area contributed by atoms with Crippen LogP contribution in [0.5, 0.6) is 0 Å². The Kier molecular flexibility index (Phi) is 4.84. The second-order valence-corrected chi connectivity index (χ2v) is 10.0. The number of rotatable bonds is 2. The van der Waals surface area contributed by atoms with Gasteiger partial charge in [0.05, 0.1) is 0 Å². The summed E-state index contributed by atoms with van der Waals surface area (Å²) in [6, 6.07) is 7.04. The Morgan fingerprint density at radius 1 is 1.00 bits per heavy atom. The molecule has 148 valence electrons. The number of likely N-dealkylation sites (tertiary alicyclic amines) is 1. The maximum atomic E-state index is 13.2. The molecular weight excluding hydrogens is 334 g/mol. The van der Waals surface area contributed by atoms with Gasteiger partial charge in [-0.1, -0.05) is 33.8 Å². The molecule has 4 rings (SSSR count). The van der Waals surface area contributed by atoms with Crippen LogP contribution >= 0.6 is 0 Å². The highest BCUT2D eigenvalue weighted by Gasteiger charge is 2.38. The van der Waals surface area contributed by atoms with Gasteiger partial charge >= 0.3 is 0 Å². The molecule has 1 N–H and O–H groups in total. The fourth-order valence-corrected chi connectivity index (χ4v) is 5.18. The van der Waals surface area contributed by atoms with E-state index in [0.29, 0.717) is 6.04 Å². The third-order valence-electron chi connectivity index (χ3n) is 7.22. The van der Waals surface area contributed by atoms with E-state index in [-0.39, 0.29) is 16.7 Å². The van der Waals surface area contributed by atoms with Gasteiger partial charge in [0.15, 0.2) is 0 Å². The van der Waals surface area contributed by atoms with Crippen LogP contribution in [0.3, 0.4) is 0 Å². The molecule has 1 atom stereocenters. The molecule has 1 unspecified atom stereocenters. The number of hydrogen-bond donors (Lipinski definition) is 1. The molecule has 2 heterocycles. The van der Waals surface area contributed by atoms with E-state index >= 15 is 0 Å². The van der Waals surface area contributed by atoms with Gasteiger partial charge in [0.2, 0.25) is 0 Å². The Labute approximate surface area is 164 Å². The SMILES string of the molecule is CC1(C)CCC(C)(C)c2cc(C(=O)N3CCC(N4CCNCC4)C3)ccc21. The van der Waals surface area contributed by atoms with E-state index in [4.69, 9.17) is 0 Å². The number of carbonyl (C=O) groups excluding carboxylic acids is 1. The van der Waals surface area contributed by atoms with Crippen molar-refractivity contribution >= 4 is 5.91 Å². The van der Waals surface area contributed by atoms with Crippen molar-refractivity contribution in [2.75, 3.05) is 39.3 Å². The van der Waals surface area contributed by atoms with E-state index in [0.717, 1.165) is 51.3 Å². The topological polar surface area (TPSA) is 35.6 Å². The molecule has 1 aromatic rings. The molecule has 4 nitrogen and oxygen atoms in total. The maximum absolute atomic E-state index is 13.2. The minimum absolute atomic E-state index is 0.148. The van der Waals surface area contributed by atoms with Crippen molar-refractivity contribution < 1.29 is 4.79 Å². The first-order valence-corrected chi connectivity index (χ1v) is 10.7. The average molecular weight is 370 g/mol. The van der Waals surface area contributed by atoms with Crippen LogP contribution in [-0.2, 0) is 10.8 Å². The summed E-state index contributed by atoms with van der Waals surface area (Å²) in [5, 5.41) is 3.42. The molecule has 0 spiro atoms. The lowest BCUT2D eigenvalue weighted by atomic mass is 9.63. The summed E-state index contributed by atoms with van der Waals surface area (Å²) in [4.78, 5) is 17.9. The quantitative estimate of drug-likeness (QED) is 0.870. The fraction of sp³-hybridized carbons (Fsp3) is 0.696. The van der Waals surface area contributed by atoms with Crippen LogP contribution in [0.2, 0.25) is 0 Å². The van der Waals surface area contributed by atoms with Crippen LogP contribution in [0, 0.1) is 0 Å². The highest BCUT2D eigenvalue weighted by molar-refractivity contribution is 5.95. The Balaban J connectivity index is 1.53. The minimum atomic E-state index is 0.148. The van der Waals surface area contributed by atoms with E-state index < -0.39 is 0 Å². The zero-order valence-electron chi connectivity index (χ0n) is 17.5. The number of carbonyl (C=O) groups is 1. The molecule has 1 aliphatic carbocycles. The number of nitrogens with one attached hydrogen (secondary N) is 1. The molecule has 0 aromatic heterocycles. The molecule has 0 saturated carbocycles. The standard InChI is InChI=1S/C23H35N3O/c1-22(2)8-9-23(3,4)20-15-17(5-6-19(20)22)21(27)26-12-7-18(16-26)25-13-10-24-11-14-25/h5-6,15,18,24H,7-14,16H2,1-4H3. The number of hydrogen-bond acceptors (Lipinski definition) is 3. The van der Waals surface area contributed by atoms with E-state index in [9.17, 15) is 4.79 Å². The number of amides is 1. The molecule has 4 heteroatoms. The average Bonchev–Trinajstić information content (AvgIpc) is 3.16. The third kappa shape index (κ3) is 3.54. The summed E-state index contributed by atoms with van der Waals surface area (Å²) in [6.07, 6.45) is 3.49. The Morgan fingerprint density at radius 2 is 1.67 bits per heavy atom. The first-order chi connectivity index (χ1) is 12.8. The highest BCUT2D eigenvalue weighted by Crippen LogP contribution is 2.46. The lowest BCUT2D eigenvalue weighted by Crippen LogP contribution is -2.49. The number of piperazine rings is 1. The van der Waals surface area contributed by atoms with Gasteiger partial charge < -0.3 is 10.2 Å². The first kappa shape index (κ1) is 18.9. The molecule has 2 fully saturated rings. The molecule has 3 aliphatic rings. The molecule has 1 aromatic carbocycles. The monoisotopic (exact) mass is 369 g/mol. The van der Waals surface area contributed by atoms with E-state index in [1.54, 1.807) is 0 Å². The third-order valence-corrected chi connectivity index (χ3v) is 7.22. The van der Waals surface area contributed by atoms with Crippen molar-refractivity contribution in [1.29, 1.82) is 0 Å². The van der Waals surface area contributed by atoms with E-state index in [1.807, 2.05) is 0 Å². The lowest BCUT2D eigenvalue weighted by molar-refractivity contribution is 0.0773. The van der Waals surface area contributed by atoms with E-state index in [2.05, 4.69) is 61.0 Å². The molecule has 0 radical (unpaired) electrons. The summed E-state index contributed by atoms with van der Waals surface area (Å²) in [6.45, 7) is 15.4. The first-order valence-electron chi connectivity index (χ1n) is 10.7. The number of benzene rings is 1. The summed E-state index contributed by atoms with van der Waals surface area (Å²) in [7, 11) is 0. The summed E-state index contributed by atoms with van der Waals surface area (Å²) >= 11 is 0. The molecule has 27 heavy (non-hydrogen) atoms. The Morgan fingerprint density at radius 3 is 2.37 bits per heavy atom. The van der Waals surface area contributed by atoms with Gasteiger partial charge in [-0.25, -0.2) is 0 Å². The lowest BCUT2D eigenvalue weighted by Gasteiger charge is -2.42. The van der Waals surface area contributed by atoms with Crippen LogP contribution in [0.25, 0.3) is 0 Å². The summed E-state index contributed by atoms with van der Waals surface area (Å²) < 4.78 is 0. The van der Waals surface area contributed by atoms with Crippen molar-refractivity contribution in [2.45, 2.75) is 63.8 Å². The van der Waals surface area contributed by atoms with Gasteiger partial charge in [0.1, 0.15) is 0 Å². The summed E-state index contributed by atoms with van der Waals surface area (Å²) in [5.41, 5.74) is 4.03. The van der Waals surface area contributed by atoms with Crippen molar-refractivity contribution in [3.8, 4) is 0 Å². The minimum Gasteiger partial charge on any atom is -0.337 e. The van der Waals surface area contributed by atoms with Crippen molar-refractivity contribution in [3.63, 3.8) is 0 Å². The maximum Gasteiger partial charge on any atom is 0.253 e. The summed E-state index contributed by atoms with van der Waals surface area (Å²) in [5.74, 6) is 0.217. The molecular formula is C23H35N3O. The van der Waals surface area contributed by atoms with Gasteiger partial charge in [-0.15, -0.1) is 0 Å². The van der Waals surface area contributed by atoms with Gasteiger partial charge in [-0.3, -0.25) is 9.69 Å².